The van der Waals surface area contributed by atoms with Crippen LogP contribution in [-0.4, -0.2) is 31.8 Å². The Morgan fingerprint density at radius 3 is 1.97 bits per heavy atom. The van der Waals surface area contributed by atoms with Crippen molar-refractivity contribution in [2.75, 3.05) is 0 Å². The van der Waals surface area contributed by atoms with Crippen molar-refractivity contribution in [3.63, 3.8) is 0 Å². The number of nitrogens with two attached hydrogens (primary N) is 1. The van der Waals surface area contributed by atoms with Crippen LogP contribution < -0.4 is 10.1 Å². The minimum Gasteiger partial charge on any atom is -0.427 e. The number of non-ortho nitro benzene ring substituents is 2. The average molecular weight is 418 g/mol. The maximum Gasteiger partial charge on any atom is 0.308 e. The van der Waals surface area contributed by atoms with Crippen LogP contribution in [0.5, 0.6) is 5.75 Å². The van der Waals surface area contributed by atoms with Gasteiger partial charge in [-0.1, -0.05) is 6.07 Å². The molecule has 1 heterocycles. The van der Waals surface area contributed by atoms with Gasteiger partial charge in [0.15, 0.2) is 0 Å². The molecule has 0 saturated carbocycles. The molecule has 3 rings (SSSR count). The van der Waals surface area contributed by atoms with E-state index in [0.29, 0.717) is 11.3 Å². The smallest absolute Gasteiger partial charge is 0.308 e. The van der Waals surface area contributed by atoms with E-state index in [2.05, 4.69) is 19.7 Å². The number of hydrogen-bond acceptors (Lipinski definition) is 9. The van der Waals surface area contributed by atoms with Crippen molar-refractivity contribution < 1.29 is 29.4 Å². The predicted molar refractivity (Wildman–Crippen MR) is 106 cm³/mol. The number of aryl methyl sites for hydroxylation is 1. The maximum absolute atomic E-state index is 10.5. The number of nitro benzene ring substituents is 2. The minimum absolute atomic E-state index is 0.0316. The fourth-order valence-corrected chi connectivity index (χ4v) is 1.93. The second-order valence-electron chi connectivity index (χ2n) is 6.04. The fraction of sp³-hybridized carbons (Fsp3) is 0.222. The van der Waals surface area contributed by atoms with Gasteiger partial charge in [0, 0.05) is 39.0 Å². The van der Waals surface area contributed by atoms with Gasteiger partial charge in [-0.2, -0.15) is 0 Å². The number of aromatic nitrogens is 2. The second-order valence-corrected chi connectivity index (χ2v) is 6.04. The number of carbonyl (C=O) groups is 1. The number of nitro groups is 2. The number of benzene rings is 2. The Morgan fingerprint density at radius 1 is 0.967 bits per heavy atom. The van der Waals surface area contributed by atoms with Crippen molar-refractivity contribution in [3.8, 4) is 5.75 Å². The number of rotatable bonds is 3. The summed E-state index contributed by atoms with van der Waals surface area (Å²) in [6, 6.07) is 8.31. The van der Waals surface area contributed by atoms with Crippen LogP contribution in [0.25, 0.3) is 11.0 Å². The summed E-state index contributed by atoms with van der Waals surface area (Å²) in [7, 11) is 0. The Bertz CT molecular complexity index is 1060. The zero-order valence-electron chi connectivity index (χ0n) is 16.7. The lowest BCUT2D eigenvalue weighted by molar-refractivity contribution is -0.384. The number of carbonyl (C=O) groups excluding carboxylic acids is 1. The van der Waals surface area contributed by atoms with Crippen LogP contribution in [0.2, 0.25) is 0 Å². The molecular formula is C18H20N5O7+. The van der Waals surface area contributed by atoms with Crippen molar-refractivity contribution in [2.24, 2.45) is 0 Å². The fourth-order valence-electron chi connectivity index (χ4n) is 1.93. The molecule has 3 aromatic rings. The molecule has 0 aliphatic rings. The topological polar surface area (TPSA) is 177 Å². The summed E-state index contributed by atoms with van der Waals surface area (Å²) < 4.78 is 9.12. The van der Waals surface area contributed by atoms with E-state index in [1.165, 1.54) is 37.3 Å². The summed E-state index contributed by atoms with van der Waals surface area (Å²) in [6.45, 7) is 6.78. The number of hydrogen-bond donors (Lipinski definition) is 1. The lowest BCUT2D eigenvalue weighted by Crippen LogP contribution is -2.34. The first-order chi connectivity index (χ1) is 14.0. The molecule has 0 bridgehead atoms. The van der Waals surface area contributed by atoms with Gasteiger partial charge in [0.1, 0.15) is 17.0 Å². The Labute approximate surface area is 170 Å². The van der Waals surface area contributed by atoms with Gasteiger partial charge in [-0.3, -0.25) is 30.4 Å². The highest BCUT2D eigenvalue weighted by Crippen LogP contribution is 2.24. The van der Waals surface area contributed by atoms with Crippen LogP contribution in [-0.2, 0) is 4.79 Å². The minimum atomic E-state index is -0.516. The first kappa shape index (κ1) is 23.8. The van der Waals surface area contributed by atoms with Crippen molar-refractivity contribution in [2.45, 2.75) is 27.7 Å². The molecule has 0 aliphatic heterocycles. The molecule has 0 aliphatic carbocycles. The van der Waals surface area contributed by atoms with Gasteiger partial charge in [0.25, 0.3) is 5.69 Å². The summed E-state index contributed by atoms with van der Waals surface area (Å²) >= 11 is 0. The van der Waals surface area contributed by atoms with E-state index in [0.717, 1.165) is 11.3 Å². The first-order valence-corrected chi connectivity index (χ1v) is 8.37. The number of ether oxygens (including phenoxy) is 1. The molecule has 0 fully saturated rings. The molecule has 0 unspecified atom stereocenters. The van der Waals surface area contributed by atoms with E-state index in [4.69, 9.17) is 5.41 Å². The van der Waals surface area contributed by atoms with Crippen LogP contribution >= 0.6 is 0 Å². The zero-order valence-corrected chi connectivity index (χ0v) is 16.7. The summed E-state index contributed by atoms with van der Waals surface area (Å²) in [4.78, 5) is 30.2. The molecule has 12 nitrogen and oxygen atoms in total. The van der Waals surface area contributed by atoms with Gasteiger partial charge in [-0.15, -0.1) is 0 Å². The number of fused-ring (bicyclic) bond motifs is 1. The third-order valence-corrected chi connectivity index (χ3v) is 3.10. The SMILES string of the molecule is CC(=O)Oc1ccc([N+](=O)[O-])cc1.CC(C)=[NH2+].Cc1ccc([N+](=O)[O-])c2nonc12. The van der Waals surface area contributed by atoms with Crippen molar-refractivity contribution >= 4 is 34.1 Å². The summed E-state index contributed by atoms with van der Waals surface area (Å²) in [5, 5.41) is 32.8. The highest BCUT2D eigenvalue weighted by molar-refractivity contribution is 5.85. The van der Waals surface area contributed by atoms with Gasteiger partial charge in [0.05, 0.1) is 9.85 Å². The van der Waals surface area contributed by atoms with Crippen LogP contribution in [0.15, 0.2) is 41.0 Å². The van der Waals surface area contributed by atoms with E-state index < -0.39 is 15.8 Å². The number of esters is 1. The van der Waals surface area contributed by atoms with Gasteiger partial charge in [0.2, 0.25) is 5.52 Å². The molecule has 0 amide bonds. The molecule has 0 radical (unpaired) electrons. The third kappa shape index (κ3) is 7.42. The molecule has 12 heteroatoms. The lowest BCUT2D eigenvalue weighted by Gasteiger charge is -1.98. The molecule has 2 N–H and O–H groups in total. The maximum atomic E-state index is 10.5. The molecule has 30 heavy (non-hydrogen) atoms. The van der Waals surface area contributed by atoms with Crippen LogP contribution in [0.1, 0.15) is 26.3 Å². The monoisotopic (exact) mass is 418 g/mol. The normalized spacial score (nSPS) is 9.47. The molecular weight excluding hydrogens is 398 g/mol. The van der Waals surface area contributed by atoms with Gasteiger partial charge >= 0.3 is 11.7 Å². The van der Waals surface area contributed by atoms with Crippen molar-refractivity contribution in [3.05, 3.63) is 62.2 Å². The summed E-state index contributed by atoms with van der Waals surface area (Å²) in [6.07, 6.45) is 0. The molecule has 158 valence electrons. The Kier molecular flexibility index (Phi) is 8.69. The number of nitrogens with zero attached hydrogens (tertiary/aromatic N) is 4. The predicted octanol–water partition coefficient (Wildman–Crippen LogP) is 2.19. The van der Waals surface area contributed by atoms with Gasteiger partial charge in [-0.25, -0.2) is 4.63 Å². The van der Waals surface area contributed by atoms with E-state index in [9.17, 15) is 25.0 Å². The largest absolute Gasteiger partial charge is 0.427 e. The molecule has 0 spiro atoms. The lowest BCUT2D eigenvalue weighted by atomic mass is 10.2. The van der Waals surface area contributed by atoms with Gasteiger partial charge in [-0.05, 0) is 34.9 Å². The van der Waals surface area contributed by atoms with E-state index in [-0.39, 0.29) is 16.9 Å². The molecule has 2 aromatic carbocycles. The Hall–Kier alpha value is -4.22. The average Bonchev–Trinajstić information content (AvgIpc) is 3.12. The van der Waals surface area contributed by atoms with Crippen LogP contribution in [0.3, 0.4) is 0 Å². The van der Waals surface area contributed by atoms with Crippen molar-refractivity contribution in [1.29, 1.82) is 0 Å². The van der Waals surface area contributed by atoms with E-state index >= 15 is 0 Å². The second kappa shape index (κ2) is 10.9. The molecule has 1 aromatic heterocycles. The van der Waals surface area contributed by atoms with Gasteiger partial charge < -0.3 is 4.74 Å². The van der Waals surface area contributed by atoms with Crippen molar-refractivity contribution in [1.82, 2.24) is 10.3 Å². The summed E-state index contributed by atoms with van der Waals surface area (Å²) in [5.41, 5.74) is 2.25. The first-order valence-electron chi connectivity index (χ1n) is 8.37. The van der Waals surface area contributed by atoms with Crippen LogP contribution in [0, 0.1) is 27.2 Å². The standard InChI is InChI=1S/C8H7NO4.C7H5N3O3.C3H7N/c1-6(10)13-8-4-2-7(3-5-8)9(11)12;1-4-2-3-5(10(11)12)7-6(4)8-13-9-7;1-3(2)4/h2-5H,1H3;2-3H,1H3;4H,1-2H3/p+1. The highest BCUT2D eigenvalue weighted by Gasteiger charge is 2.17. The van der Waals surface area contributed by atoms with E-state index in [1.54, 1.807) is 13.0 Å². The Balaban J connectivity index is 0.000000256. The zero-order chi connectivity index (χ0) is 22.8. The Morgan fingerprint density at radius 2 is 1.50 bits per heavy atom. The summed E-state index contributed by atoms with van der Waals surface area (Å²) in [5.74, 6) is -0.146. The third-order valence-electron chi connectivity index (χ3n) is 3.10. The van der Waals surface area contributed by atoms with E-state index in [1.807, 2.05) is 13.8 Å². The molecule has 0 atom stereocenters. The van der Waals surface area contributed by atoms with Crippen LogP contribution in [0.4, 0.5) is 11.4 Å². The highest BCUT2D eigenvalue weighted by atomic mass is 16.6. The molecule has 0 saturated heterocycles. The quantitative estimate of drug-likeness (QED) is 0.219.